The van der Waals surface area contributed by atoms with E-state index in [4.69, 9.17) is 5.73 Å². The maximum Gasteiger partial charge on any atom is 0.0526 e. The van der Waals surface area contributed by atoms with Gasteiger partial charge in [0.1, 0.15) is 0 Å². The third-order valence-electron chi connectivity index (χ3n) is 2.04. The molecule has 0 amide bonds. The Morgan fingerprint density at radius 1 is 1.08 bits per heavy atom. The lowest BCUT2D eigenvalue weighted by Crippen LogP contribution is -2.52. The van der Waals surface area contributed by atoms with Crippen molar-refractivity contribution in [1.82, 2.24) is 14.7 Å². The second-order valence-corrected chi connectivity index (χ2v) is 3.67. The van der Waals surface area contributed by atoms with E-state index in [0.717, 1.165) is 39.5 Å². The molecule has 0 aromatic carbocycles. The largest absolute Gasteiger partial charge is 0.330 e. The van der Waals surface area contributed by atoms with Gasteiger partial charge in [-0.25, -0.2) is 0 Å². The van der Waals surface area contributed by atoms with Crippen molar-refractivity contribution in [3.63, 3.8) is 0 Å². The van der Waals surface area contributed by atoms with Crippen LogP contribution in [0, 0.1) is 0 Å². The Morgan fingerprint density at radius 3 is 2.17 bits per heavy atom. The molecule has 0 aliphatic carbocycles. The fourth-order valence-electron chi connectivity index (χ4n) is 1.69. The first-order valence-electron chi connectivity index (χ1n) is 4.52. The summed E-state index contributed by atoms with van der Waals surface area (Å²) in [5.74, 6) is 0. The summed E-state index contributed by atoms with van der Waals surface area (Å²) in [5, 5.41) is 0. The minimum absolute atomic E-state index is 0.796. The van der Waals surface area contributed by atoms with Crippen LogP contribution in [0.25, 0.3) is 0 Å². The lowest BCUT2D eigenvalue weighted by Gasteiger charge is -2.38. The molecule has 0 radical (unpaired) electrons. The summed E-state index contributed by atoms with van der Waals surface area (Å²) >= 11 is 0. The Bertz CT molecular complexity index is 118. The van der Waals surface area contributed by atoms with Gasteiger partial charge in [0.05, 0.1) is 20.0 Å². The molecule has 0 aromatic heterocycles. The van der Waals surface area contributed by atoms with Gasteiger partial charge in [0.15, 0.2) is 0 Å². The van der Waals surface area contributed by atoms with E-state index in [1.165, 1.54) is 0 Å². The van der Waals surface area contributed by atoms with Crippen LogP contribution in [-0.2, 0) is 0 Å². The van der Waals surface area contributed by atoms with E-state index in [2.05, 4.69) is 28.8 Å². The topological polar surface area (TPSA) is 35.7 Å². The summed E-state index contributed by atoms with van der Waals surface area (Å²) in [6.45, 7) is 5.13. The summed E-state index contributed by atoms with van der Waals surface area (Å²) < 4.78 is 0. The van der Waals surface area contributed by atoms with Crippen molar-refractivity contribution < 1.29 is 0 Å². The Hall–Kier alpha value is -0.160. The molecule has 0 saturated carbocycles. The van der Waals surface area contributed by atoms with E-state index < -0.39 is 0 Å². The van der Waals surface area contributed by atoms with Gasteiger partial charge in [-0.2, -0.15) is 0 Å². The highest BCUT2D eigenvalue weighted by molar-refractivity contribution is 4.63. The molecule has 0 bridgehead atoms. The van der Waals surface area contributed by atoms with Crippen LogP contribution in [0.4, 0.5) is 0 Å². The molecule has 1 heterocycles. The zero-order valence-corrected chi connectivity index (χ0v) is 8.16. The fourth-order valence-corrected chi connectivity index (χ4v) is 1.69. The average molecular weight is 172 g/mol. The minimum Gasteiger partial charge on any atom is -0.330 e. The van der Waals surface area contributed by atoms with Gasteiger partial charge >= 0.3 is 0 Å². The molecule has 1 aliphatic rings. The molecule has 4 heteroatoms. The predicted octanol–water partition coefficient (Wildman–Crippen LogP) is -0.613. The van der Waals surface area contributed by atoms with E-state index in [9.17, 15) is 0 Å². The molecule has 0 spiro atoms. The van der Waals surface area contributed by atoms with Gasteiger partial charge in [0.25, 0.3) is 0 Å². The molecule has 1 fully saturated rings. The third kappa shape index (κ3) is 3.06. The van der Waals surface area contributed by atoms with Gasteiger partial charge in [0.2, 0.25) is 0 Å². The molecule has 1 aliphatic heterocycles. The van der Waals surface area contributed by atoms with Crippen LogP contribution in [0.15, 0.2) is 0 Å². The summed E-state index contributed by atoms with van der Waals surface area (Å²) in [4.78, 5) is 7.02. The van der Waals surface area contributed by atoms with Gasteiger partial charge in [-0.05, 0) is 27.1 Å². The van der Waals surface area contributed by atoms with E-state index in [0.29, 0.717) is 0 Å². The van der Waals surface area contributed by atoms with Crippen molar-refractivity contribution in [2.75, 3.05) is 47.2 Å². The van der Waals surface area contributed by atoms with Gasteiger partial charge in [-0.3, -0.25) is 14.7 Å². The minimum atomic E-state index is 0.796. The first kappa shape index (κ1) is 9.92. The van der Waals surface area contributed by atoms with Crippen LogP contribution in [0.5, 0.6) is 0 Å². The van der Waals surface area contributed by atoms with Crippen molar-refractivity contribution in [3.8, 4) is 0 Å². The second kappa shape index (κ2) is 4.77. The number of hydrogen-bond acceptors (Lipinski definition) is 4. The Balaban J connectivity index is 2.24. The summed E-state index contributed by atoms with van der Waals surface area (Å²) in [7, 11) is 4.29. The molecule has 72 valence electrons. The molecule has 1 rings (SSSR count). The number of nitrogens with zero attached hydrogens (tertiary/aromatic N) is 3. The summed E-state index contributed by atoms with van der Waals surface area (Å²) in [5.41, 5.74) is 5.46. The van der Waals surface area contributed by atoms with Crippen molar-refractivity contribution >= 4 is 0 Å². The SMILES string of the molecule is CN1CN(C)CN(CCCN)C1. The lowest BCUT2D eigenvalue weighted by molar-refractivity contribution is -0.00125. The zero-order valence-electron chi connectivity index (χ0n) is 8.16. The molecule has 0 unspecified atom stereocenters. The number of nitrogens with two attached hydrogens (primary N) is 1. The summed E-state index contributed by atoms with van der Waals surface area (Å²) in [6, 6.07) is 0. The quantitative estimate of drug-likeness (QED) is 0.616. The Kier molecular flexibility index (Phi) is 3.94. The van der Waals surface area contributed by atoms with Crippen molar-refractivity contribution in [3.05, 3.63) is 0 Å². The molecule has 4 nitrogen and oxygen atoms in total. The average Bonchev–Trinajstić information content (AvgIpc) is 1.99. The molecule has 1 saturated heterocycles. The number of rotatable bonds is 3. The first-order chi connectivity index (χ1) is 5.72. The summed E-state index contributed by atoms with van der Waals surface area (Å²) in [6.07, 6.45) is 1.10. The predicted molar refractivity (Wildman–Crippen MR) is 50.5 cm³/mol. The van der Waals surface area contributed by atoms with Crippen LogP contribution in [-0.4, -0.2) is 61.9 Å². The lowest BCUT2D eigenvalue weighted by atomic mass is 10.4. The third-order valence-corrected chi connectivity index (χ3v) is 2.04. The van der Waals surface area contributed by atoms with Gasteiger partial charge in [-0.15, -0.1) is 0 Å². The Labute approximate surface area is 74.9 Å². The molecule has 2 N–H and O–H groups in total. The van der Waals surface area contributed by atoms with Crippen LogP contribution < -0.4 is 5.73 Å². The van der Waals surface area contributed by atoms with Crippen LogP contribution >= 0.6 is 0 Å². The van der Waals surface area contributed by atoms with E-state index in [1.54, 1.807) is 0 Å². The van der Waals surface area contributed by atoms with Crippen LogP contribution in [0.3, 0.4) is 0 Å². The van der Waals surface area contributed by atoms with Gasteiger partial charge in [0, 0.05) is 6.54 Å². The van der Waals surface area contributed by atoms with Crippen molar-refractivity contribution in [2.24, 2.45) is 5.73 Å². The molecular weight excluding hydrogens is 152 g/mol. The number of hydrogen-bond donors (Lipinski definition) is 1. The highest BCUT2D eigenvalue weighted by atomic mass is 15.5. The highest BCUT2D eigenvalue weighted by Gasteiger charge is 2.16. The van der Waals surface area contributed by atoms with Crippen LogP contribution in [0.2, 0.25) is 0 Å². The smallest absolute Gasteiger partial charge is 0.0526 e. The van der Waals surface area contributed by atoms with E-state index >= 15 is 0 Å². The van der Waals surface area contributed by atoms with E-state index in [1.807, 2.05) is 0 Å². The molecule has 0 aromatic rings. The molecule has 0 atom stereocenters. The highest BCUT2D eigenvalue weighted by Crippen LogP contribution is 2.02. The zero-order chi connectivity index (χ0) is 8.97. The molecule has 12 heavy (non-hydrogen) atoms. The van der Waals surface area contributed by atoms with Gasteiger partial charge < -0.3 is 5.73 Å². The van der Waals surface area contributed by atoms with Crippen molar-refractivity contribution in [2.45, 2.75) is 6.42 Å². The monoisotopic (exact) mass is 172 g/mol. The standard InChI is InChI=1S/C8H20N4/c1-10-6-11(2)8-12(7-10)5-3-4-9/h3-9H2,1-2H3. The molecular formula is C8H20N4. The maximum absolute atomic E-state index is 5.46. The second-order valence-electron chi connectivity index (χ2n) is 3.67. The van der Waals surface area contributed by atoms with Crippen molar-refractivity contribution in [1.29, 1.82) is 0 Å². The Morgan fingerprint density at radius 2 is 1.67 bits per heavy atom. The first-order valence-corrected chi connectivity index (χ1v) is 4.52. The van der Waals surface area contributed by atoms with Crippen LogP contribution in [0.1, 0.15) is 6.42 Å². The maximum atomic E-state index is 5.46. The normalized spacial score (nSPS) is 23.2. The van der Waals surface area contributed by atoms with Gasteiger partial charge in [-0.1, -0.05) is 0 Å². The fraction of sp³-hybridized carbons (Fsp3) is 1.00. The van der Waals surface area contributed by atoms with E-state index in [-0.39, 0.29) is 0 Å².